The molecule has 0 radical (unpaired) electrons. The van der Waals surface area contributed by atoms with Crippen molar-refractivity contribution in [3.05, 3.63) is 16.6 Å². The SMILES string of the molecule is CO[C@H]1CN(Cc2cncs2)CC[C@@H]1C. The minimum atomic E-state index is 0.395. The van der Waals surface area contributed by atoms with E-state index in [9.17, 15) is 0 Å². The first-order valence-corrected chi connectivity index (χ1v) is 6.30. The maximum absolute atomic E-state index is 5.50. The van der Waals surface area contributed by atoms with E-state index in [1.807, 2.05) is 18.8 Å². The van der Waals surface area contributed by atoms with Crippen LogP contribution in [-0.4, -0.2) is 36.2 Å². The fourth-order valence-corrected chi connectivity index (χ4v) is 2.72. The zero-order valence-electron chi connectivity index (χ0n) is 9.35. The summed E-state index contributed by atoms with van der Waals surface area (Å²) in [7, 11) is 1.82. The van der Waals surface area contributed by atoms with E-state index in [2.05, 4.69) is 16.8 Å². The highest BCUT2D eigenvalue weighted by Crippen LogP contribution is 2.21. The average Bonchev–Trinajstić information content (AvgIpc) is 2.73. The van der Waals surface area contributed by atoms with Crippen LogP contribution in [-0.2, 0) is 11.3 Å². The summed E-state index contributed by atoms with van der Waals surface area (Å²) < 4.78 is 5.50. The molecule has 1 aliphatic heterocycles. The van der Waals surface area contributed by atoms with Crippen molar-refractivity contribution in [1.82, 2.24) is 9.88 Å². The maximum Gasteiger partial charge on any atom is 0.0794 e. The molecule has 0 saturated carbocycles. The van der Waals surface area contributed by atoms with Crippen LogP contribution in [0.15, 0.2) is 11.7 Å². The predicted octanol–water partition coefficient (Wildman–Crippen LogP) is 2.00. The van der Waals surface area contributed by atoms with Crippen LogP contribution in [0.3, 0.4) is 0 Å². The second-order valence-corrected chi connectivity index (χ2v) is 5.21. The summed E-state index contributed by atoms with van der Waals surface area (Å²) in [5.41, 5.74) is 1.90. The summed E-state index contributed by atoms with van der Waals surface area (Å²) >= 11 is 1.73. The molecule has 2 heterocycles. The van der Waals surface area contributed by atoms with Crippen LogP contribution < -0.4 is 0 Å². The largest absolute Gasteiger partial charge is 0.380 e. The van der Waals surface area contributed by atoms with E-state index in [0.29, 0.717) is 12.0 Å². The highest BCUT2D eigenvalue weighted by Gasteiger charge is 2.25. The van der Waals surface area contributed by atoms with Crippen molar-refractivity contribution >= 4 is 11.3 Å². The van der Waals surface area contributed by atoms with Crippen LogP contribution in [0.2, 0.25) is 0 Å². The Kier molecular flexibility index (Phi) is 3.72. The Morgan fingerprint density at radius 1 is 1.67 bits per heavy atom. The number of piperidine rings is 1. The van der Waals surface area contributed by atoms with Gasteiger partial charge in [-0.2, -0.15) is 0 Å². The smallest absolute Gasteiger partial charge is 0.0794 e. The Morgan fingerprint density at radius 2 is 2.53 bits per heavy atom. The highest BCUT2D eigenvalue weighted by atomic mass is 32.1. The molecule has 0 spiro atoms. The van der Waals surface area contributed by atoms with Gasteiger partial charge < -0.3 is 4.74 Å². The Balaban J connectivity index is 1.89. The zero-order valence-corrected chi connectivity index (χ0v) is 10.2. The van der Waals surface area contributed by atoms with Gasteiger partial charge >= 0.3 is 0 Å². The summed E-state index contributed by atoms with van der Waals surface area (Å²) in [5, 5.41) is 0. The maximum atomic E-state index is 5.50. The highest BCUT2D eigenvalue weighted by molar-refractivity contribution is 7.09. The second-order valence-electron chi connectivity index (χ2n) is 4.24. The molecule has 3 nitrogen and oxygen atoms in total. The molecule has 84 valence electrons. The molecule has 1 aromatic heterocycles. The Bertz CT molecular complexity index is 289. The van der Waals surface area contributed by atoms with Crippen molar-refractivity contribution in [2.75, 3.05) is 20.2 Å². The summed E-state index contributed by atoms with van der Waals surface area (Å²) in [6.45, 7) is 5.53. The Labute approximate surface area is 95.1 Å². The molecule has 4 heteroatoms. The van der Waals surface area contributed by atoms with Crippen molar-refractivity contribution in [2.45, 2.75) is 26.0 Å². The minimum Gasteiger partial charge on any atom is -0.380 e. The lowest BCUT2D eigenvalue weighted by Crippen LogP contribution is -2.43. The fraction of sp³-hybridized carbons (Fsp3) is 0.727. The lowest BCUT2D eigenvalue weighted by molar-refractivity contribution is -0.00717. The number of hydrogen-bond acceptors (Lipinski definition) is 4. The van der Waals surface area contributed by atoms with Gasteiger partial charge in [-0.1, -0.05) is 6.92 Å². The standard InChI is InChI=1S/C11H18N2OS/c1-9-3-4-13(7-11(9)14-2)6-10-5-12-8-15-10/h5,8-9,11H,3-4,6-7H2,1-2H3/t9-,11-/m0/s1. The molecule has 0 aromatic carbocycles. The van der Waals surface area contributed by atoms with Crippen LogP contribution in [0, 0.1) is 5.92 Å². The van der Waals surface area contributed by atoms with Crippen LogP contribution in [0.25, 0.3) is 0 Å². The van der Waals surface area contributed by atoms with Crippen LogP contribution in [0.1, 0.15) is 18.2 Å². The molecule has 1 saturated heterocycles. The first-order valence-electron chi connectivity index (χ1n) is 5.42. The lowest BCUT2D eigenvalue weighted by Gasteiger charge is -2.35. The van der Waals surface area contributed by atoms with E-state index in [4.69, 9.17) is 4.74 Å². The number of likely N-dealkylation sites (tertiary alicyclic amines) is 1. The van der Waals surface area contributed by atoms with Gasteiger partial charge in [0, 0.05) is 31.3 Å². The fourth-order valence-electron chi connectivity index (χ4n) is 2.09. The van der Waals surface area contributed by atoms with Gasteiger partial charge in [-0.15, -0.1) is 11.3 Å². The summed E-state index contributed by atoms with van der Waals surface area (Å²) in [5.74, 6) is 0.688. The molecular formula is C11H18N2OS. The monoisotopic (exact) mass is 226 g/mol. The van der Waals surface area contributed by atoms with E-state index in [1.165, 1.54) is 17.8 Å². The number of aromatic nitrogens is 1. The molecule has 0 bridgehead atoms. The lowest BCUT2D eigenvalue weighted by atomic mass is 9.96. The van der Waals surface area contributed by atoms with Gasteiger partial charge in [-0.25, -0.2) is 0 Å². The van der Waals surface area contributed by atoms with Crippen LogP contribution in [0.5, 0.6) is 0 Å². The van der Waals surface area contributed by atoms with Gasteiger partial charge in [0.1, 0.15) is 0 Å². The van der Waals surface area contributed by atoms with E-state index in [1.54, 1.807) is 11.3 Å². The summed E-state index contributed by atoms with van der Waals surface area (Å²) in [6, 6.07) is 0. The Morgan fingerprint density at radius 3 is 3.20 bits per heavy atom. The second kappa shape index (κ2) is 5.05. The van der Waals surface area contributed by atoms with E-state index >= 15 is 0 Å². The number of rotatable bonds is 3. The molecule has 1 aliphatic rings. The molecule has 2 atom stereocenters. The van der Waals surface area contributed by atoms with Gasteiger partial charge in [0.15, 0.2) is 0 Å². The summed E-state index contributed by atoms with van der Waals surface area (Å²) in [6.07, 6.45) is 3.59. The van der Waals surface area contributed by atoms with Crippen molar-refractivity contribution in [2.24, 2.45) is 5.92 Å². The quantitative estimate of drug-likeness (QED) is 0.788. The van der Waals surface area contributed by atoms with Crippen LogP contribution >= 0.6 is 11.3 Å². The van der Waals surface area contributed by atoms with E-state index in [-0.39, 0.29) is 0 Å². The first-order chi connectivity index (χ1) is 7.29. The van der Waals surface area contributed by atoms with E-state index in [0.717, 1.165) is 13.1 Å². The normalized spacial score (nSPS) is 28.1. The van der Waals surface area contributed by atoms with Gasteiger partial charge in [0.25, 0.3) is 0 Å². The van der Waals surface area contributed by atoms with Gasteiger partial charge in [-0.05, 0) is 18.9 Å². The first kappa shape index (κ1) is 11.0. The third kappa shape index (κ3) is 2.77. The molecular weight excluding hydrogens is 208 g/mol. The molecule has 1 aromatic rings. The third-order valence-corrected chi connectivity index (χ3v) is 3.90. The van der Waals surface area contributed by atoms with Gasteiger partial charge in [-0.3, -0.25) is 9.88 Å². The van der Waals surface area contributed by atoms with Crippen molar-refractivity contribution in [3.63, 3.8) is 0 Å². The Hall–Kier alpha value is -0.450. The van der Waals surface area contributed by atoms with Gasteiger partial charge in [0.2, 0.25) is 0 Å². The van der Waals surface area contributed by atoms with Crippen molar-refractivity contribution in [3.8, 4) is 0 Å². The average molecular weight is 226 g/mol. The number of ether oxygens (including phenoxy) is 1. The molecule has 0 aliphatic carbocycles. The molecule has 15 heavy (non-hydrogen) atoms. The number of thiazole rings is 1. The van der Waals surface area contributed by atoms with Crippen LogP contribution in [0.4, 0.5) is 0 Å². The minimum absolute atomic E-state index is 0.395. The number of hydrogen-bond donors (Lipinski definition) is 0. The van der Waals surface area contributed by atoms with Crippen molar-refractivity contribution in [1.29, 1.82) is 0 Å². The molecule has 0 unspecified atom stereocenters. The predicted molar refractivity (Wildman–Crippen MR) is 62.0 cm³/mol. The summed E-state index contributed by atoms with van der Waals surface area (Å²) in [4.78, 5) is 7.91. The van der Waals surface area contributed by atoms with E-state index < -0.39 is 0 Å². The zero-order chi connectivity index (χ0) is 10.7. The topological polar surface area (TPSA) is 25.4 Å². The molecule has 0 N–H and O–H groups in total. The number of methoxy groups -OCH3 is 1. The van der Waals surface area contributed by atoms with Gasteiger partial charge in [0.05, 0.1) is 11.6 Å². The van der Waals surface area contributed by atoms with Crippen molar-refractivity contribution < 1.29 is 4.74 Å². The molecule has 2 rings (SSSR count). The third-order valence-electron chi connectivity index (χ3n) is 3.14. The molecule has 1 fully saturated rings. The number of nitrogens with zero attached hydrogens (tertiary/aromatic N) is 2. The molecule has 0 amide bonds.